The van der Waals surface area contributed by atoms with Crippen LogP contribution in [0.1, 0.15) is 41.7 Å². The number of methoxy groups -OCH3 is 1. The summed E-state index contributed by atoms with van der Waals surface area (Å²) in [5, 5.41) is 7.07. The van der Waals surface area contributed by atoms with Crippen LogP contribution in [0.2, 0.25) is 5.02 Å². The van der Waals surface area contributed by atoms with E-state index in [9.17, 15) is 4.79 Å². The maximum absolute atomic E-state index is 13.2. The summed E-state index contributed by atoms with van der Waals surface area (Å²) < 4.78 is 17.2. The van der Waals surface area contributed by atoms with E-state index in [2.05, 4.69) is 20.6 Å². The average molecular weight is 495 g/mol. The molecule has 9 heteroatoms. The van der Waals surface area contributed by atoms with Crippen LogP contribution in [-0.2, 0) is 10.2 Å². The number of benzene rings is 1. The Morgan fingerprint density at radius 3 is 2.89 bits per heavy atom. The summed E-state index contributed by atoms with van der Waals surface area (Å²) in [7, 11) is 1.58. The summed E-state index contributed by atoms with van der Waals surface area (Å²) in [6.45, 7) is 1.86. The molecule has 3 N–H and O–H groups in total. The van der Waals surface area contributed by atoms with Crippen molar-refractivity contribution in [3.8, 4) is 22.8 Å². The van der Waals surface area contributed by atoms with Gasteiger partial charge in [0.15, 0.2) is 5.75 Å². The summed E-state index contributed by atoms with van der Waals surface area (Å²) in [6, 6.07) is 7.40. The fourth-order valence-corrected chi connectivity index (χ4v) is 5.41. The highest BCUT2D eigenvalue weighted by molar-refractivity contribution is 6.32. The number of aromatic nitrogens is 2. The number of fused-ring (bicyclic) bond motifs is 2. The molecular weight excluding hydrogens is 468 g/mol. The first kappa shape index (κ1) is 22.2. The molecule has 3 aromatic rings. The summed E-state index contributed by atoms with van der Waals surface area (Å²) in [5.74, 6) is 1.03. The van der Waals surface area contributed by atoms with E-state index in [0.717, 1.165) is 49.2 Å². The van der Waals surface area contributed by atoms with Crippen molar-refractivity contribution in [3.05, 3.63) is 52.9 Å². The zero-order chi connectivity index (χ0) is 24.0. The van der Waals surface area contributed by atoms with Crippen LogP contribution in [0.5, 0.6) is 11.5 Å². The van der Waals surface area contributed by atoms with Gasteiger partial charge in [-0.25, -0.2) is 0 Å². The van der Waals surface area contributed by atoms with E-state index in [1.807, 2.05) is 18.2 Å². The maximum Gasteiger partial charge on any atom is 0.255 e. The van der Waals surface area contributed by atoms with E-state index in [-0.39, 0.29) is 17.4 Å². The number of anilines is 2. The van der Waals surface area contributed by atoms with Crippen molar-refractivity contribution in [1.29, 1.82) is 0 Å². The first-order valence-corrected chi connectivity index (χ1v) is 12.3. The van der Waals surface area contributed by atoms with Crippen molar-refractivity contribution in [2.45, 2.75) is 37.2 Å². The quantitative estimate of drug-likeness (QED) is 0.436. The predicted molar refractivity (Wildman–Crippen MR) is 133 cm³/mol. The molecule has 1 aromatic carbocycles. The second kappa shape index (κ2) is 8.77. The Hall–Kier alpha value is -3.23. The molecule has 2 fully saturated rings. The second-order valence-corrected chi connectivity index (χ2v) is 9.76. The zero-order valence-electron chi connectivity index (χ0n) is 19.4. The lowest BCUT2D eigenvalue weighted by molar-refractivity contribution is -0.0720. The van der Waals surface area contributed by atoms with Gasteiger partial charge in [-0.05, 0) is 31.0 Å². The van der Waals surface area contributed by atoms with Gasteiger partial charge in [0, 0.05) is 42.4 Å². The van der Waals surface area contributed by atoms with E-state index < -0.39 is 0 Å². The Balaban J connectivity index is 1.50. The van der Waals surface area contributed by atoms with Crippen LogP contribution in [0, 0.1) is 0 Å². The number of carbonyl (C=O) groups excluding carboxylic acids is 1. The van der Waals surface area contributed by atoms with Gasteiger partial charge in [-0.1, -0.05) is 24.1 Å². The molecule has 6 rings (SSSR count). The number of amides is 1. The Morgan fingerprint density at radius 2 is 2.17 bits per heavy atom. The molecule has 2 aliphatic heterocycles. The first-order valence-electron chi connectivity index (χ1n) is 11.9. The Labute approximate surface area is 208 Å². The lowest BCUT2D eigenvalue weighted by Gasteiger charge is -2.44. The molecule has 1 saturated carbocycles. The van der Waals surface area contributed by atoms with Gasteiger partial charge < -0.3 is 29.8 Å². The van der Waals surface area contributed by atoms with Gasteiger partial charge in [-0.2, -0.15) is 0 Å². The van der Waals surface area contributed by atoms with Gasteiger partial charge in [0.05, 0.1) is 47.1 Å². The molecule has 1 spiro atoms. The molecule has 0 bridgehead atoms. The van der Waals surface area contributed by atoms with Crippen molar-refractivity contribution in [1.82, 2.24) is 15.3 Å². The summed E-state index contributed by atoms with van der Waals surface area (Å²) in [6.07, 6.45) is 7.70. The van der Waals surface area contributed by atoms with Crippen molar-refractivity contribution in [3.63, 3.8) is 0 Å². The first-order chi connectivity index (χ1) is 17.1. The third-order valence-corrected chi connectivity index (χ3v) is 7.66. The highest BCUT2D eigenvalue weighted by atomic mass is 35.5. The molecule has 1 atom stereocenters. The van der Waals surface area contributed by atoms with Crippen LogP contribution in [-0.4, -0.2) is 48.8 Å². The largest absolute Gasteiger partial charge is 0.493 e. The lowest BCUT2D eigenvalue weighted by Crippen LogP contribution is -2.50. The van der Waals surface area contributed by atoms with Gasteiger partial charge in [-0.3, -0.25) is 9.78 Å². The van der Waals surface area contributed by atoms with Crippen LogP contribution in [0.4, 0.5) is 11.4 Å². The Morgan fingerprint density at radius 1 is 1.31 bits per heavy atom. The molecule has 1 aliphatic carbocycles. The lowest BCUT2D eigenvalue weighted by atomic mass is 9.64. The van der Waals surface area contributed by atoms with Gasteiger partial charge in [0.2, 0.25) is 0 Å². The number of ether oxygens (including phenoxy) is 3. The molecule has 4 heterocycles. The molecule has 8 nitrogen and oxygen atoms in total. The molecule has 1 saturated heterocycles. The number of rotatable bonds is 7. The van der Waals surface area contributed by atoms with E-state index in [1.54, 1.807) is 25.6 Å². The monoisotopic (exact) mass is 494 g/mol. The summed E-state index contributed by atoms with van der Waals surface area (Å²) in [4.78, 5) is 21.2. The van der Waals surface area contributed by atoms with E-state index in [1.165, 1.54) is 0 Å². The van der Waals surface area contributed by atoms with E-state index in [4.69, 9.17) is 25.8 Å². The van der Waals surface area contributed by atoms with Crippen molar-refractivity contribution in [2.75, 3.05) is 32.2 Å². The van der Waals surface area contributed by atoms with Crippen LogP contribution in [0.25, 0.3) is 11.3 Å². The number of para-hydroxylation sites is 1. The van der Waals surface area contributed by atoms with Crippen molar-refractivity contribution in [2.24, 2.45) is 0 Å². The third kappa shape index (κ3) is 3.72. The number of H-pyrrole nitrogens is 1. The number of halogens is 1. The fraction of sp³-hybridized carbons (Fsp3) is 0.385. The minimum absolute atomic E-state index is 0.0792. The standard InChI is InChI=1S/C26H27ClN4O4/c1-33-23-17(27)4-2-5-18(23)30-22-20-24(26(8-3-9-26)14-29-25(20)32)31-21(22)16-6-10-28-12-19(16)35-13-15-7-11-34-15/h2,4-6,10,12,15,30-31H,3,7-9,11,13-14H2,1H3,(H,29,32)/t15-/m1/s1. The predicted octanol–water partition coefficient (Wildman–Crippen LogP) is 4.82. The molecular formula is C26H27ClN4O4. The molecule has 2 aromatic heterocycles. The molecule has 0 radical (unpaired) electrons. The number of carbonyl (C=O) groups is 1. The molecule has 182 valence electrons. The highest BCUT2D eigenvalue weighted by Crippen LogP contribution is 2.51. The Bertz CT molecular complexity index is 1280. The Kier molecular flexibility index (Phi) is 5.57. The number of aromatic amines is 1. The van der Waals surface area contributed by atoms with E-state index in [0.29, 0.717) is 46.6 Å². The van der Waals surface area contributed by atoms with Gasteiger partial charge in [-0.15, -0.1) is 0 Å². The fourth-order valence-electron chi connectivity index (χ4n) is 5.16. The number of nitrogens with zero attached hydrogens (tertiary/aromatic N) is 1. The molecule has 3 aliphatic rings. The minimum atomic E-state index is -0.108. The number of hydrogen-bond donors (Lipinski definition) is 3. The SMILES string of the molecule is COc1c(Cl)cccc1Nc1c(-c2ccncc2OC[C@H]2CCO2)[nH]c2c1C(=O)NCC21CCC1. The number of hydrogen-bond acceptors (Lipinski definition) is 6. The van der Waals surface area contributed by atoms with Crippen LogP contribution in [0.15, 0.2) is 36.7 Å². The number of nitrogens with one attached hydrogen (secondary N) is 3. The molecule has 1 amide bonds. The topological polar surface area (TPSA) is 97.5 Å². The van der Waals surface area contributed by atoms with Gasteiger partial charge >= 0.3 is 0 Å². The van der Waals surface area contributed by atoms with Gasteiger partial charge in [0.1, 0.15) is 12.4 Å². The van der Waals surface area contributed by atoms with Crippen LogP contribution >= 0.6 is 11.6 Å². The second-order valence-electron chi connectivity index (χ2n) is 9.35. The minimum Gasteiger partial charge on any atom is -0.493 e. The van der Waals surface area contributed by atoms with Crippen LogP contribution < -0.4 is 20.1 Å². The highest BCUT2D eigenvalue weighted by Gasteiger charge is 2.47. The van der Waals surface area contributed by atoms with Crippen molar-refractivity contribution < 1.29 is 19.0 Å². The summed E-state index contributed by atoms with van der Waals surface area (Å²) >= 11 is 6.40. The molecule has 35 heavy (non-hydrogen) atoms. The van der Waals surface area contributed by atoms with E-state index >= 15 is 0 Å². The normalized spacial score (nSPS) is 19.8. The third-order valence-electron chi connectivity index (χ3n) is 7.36. The summed E-state index contributed by atoms with van der Waals surface area (Å²) in [5.41, 5.74) is 4.44. The number of pyridine rings is 1. The van der Waals surface area contributed by atoms with Gasteiger partial charge in [0.25, 0.3) is 5.91 Å². The average Bonchev–Trinajstić information content (AvgIpc) is 3.18. The maximum atomic E-state index is 13.2. The zero-order valence-corrected chi connectivity index (χ0v) is 20.2. The van der Waals surface area contributed by atoms with Crippen molar-refractivity contribution >= 4 is 28.9 Å². The smallest absolute Gasteiger partial charge is 0.255 e. The van der Waals surface area contributed by atoms with Crippen LogP contribution in [0.3, 0.4) is 0 Å². The molecule has 0 unspecified atom stereocenters.